The van der Waals surface area contributed by atoms with Crippen LogP contribution in [0.2, 0.25) is 0 Å². The third kappa shape index (κ3) is 5.25. The Labute approximate surface area is 166 Å². The van der Waals surface area contributed by atoms with Gasteiger partial charge in [0.2, 0.25) is 10.0 Å². The van der Waals surface area contributed by atoms with Crippen molar-refractivity contribution in [3.8, 4) is 0 Å². The van der Waals surface area contributed by atoms with Crippen LogP contribution in [0.3, 0.4) is 0 Å². The van der Waals surface area contributed by atoms with Crippen molar-refractivity contribution in [2.24, 2.45) is 0 Å². The molecule has 1 aromatic carbocycles. The highest BCUT2D eigenvalue weighted by Gasteiger charge is 2.24. The Morgan fingerprint density at radius 1 is 1.22 bits per heavy atom. The normalized spacial score (nSPS) is 21.2. The fraction of sp³-hybridized carbons (Fsp3) is 0.632. The Hall–Kier alpha value is -1.09. The van der Waals surface area contributed by atoms with Crippen LogP contribution in [-0.2, 0) is 14.8 Å². The van der Waals surface area contributed by atoms with E-state index in [-0.39, 0.29) is 23.5 Å². The minimum atomic E-state index is -3.68. The summed E-state index contributed by atoms with van der Waals surface area (Å²) in [5, 5.41) is 0. The zero-order valence-electron chi connectivity index (χ0n) is 15.8. The lowest BCUT2D eigenvalue weighted by atomic mass is 10.2. The molecule has 2 aliphatic rings. The van der Waals surface area contributed by atoms with Gasteiger partial charge in [0.05, 0.1) is 16.6 Å². The predicted octanol–water partition coefficient (Wildman–Crippen LogP) is 2.88. The maximum Gasteiger partial charge on any atom is 0.255 e. The number of hydrogen-bond acceptors (Lipinski definition) is 5. The van der Waals surface area contributed by atoms with E-state index in [4.69, 9.17) is 4.74 Å². The molecule has 1 N–H and O–H groups in total. The number of sulfonamides is 1. The average molecular weight is 413 g/mol. The maximum absolute atomic E-state index is 13.1. The monoisotopic (exact) mass is 412 g/mol. The summed E-state index contributed by atoms with van der Waals surface area (Å²) in [6.07, 6.45) is 7.95. The van der Waals surface area contributed by atoms with E-state index in [1.807, 2.05) is 11.2 Å². The van der Waals surface area contributed by atoms with Gasteiger partial charge in [-0.05, 0) is 50.1 Å². The molecule has 1 aromatic rings. The summed E-state index contributed by atoms with van der Waals surface area (Å²) in [6, 6.07) is 4.83. The standard InChI is InChI=1S/C19H28N2O4S2/c1-26-18-9-8-16(27(23,24)20-14-15-7-6-12-25-15)13-17(18)19(22)21-10-4-2-3-5-11-21/h8-9,13,15,20H,2-7,10-12,14H2,1H3/t15-/m1/s1. The lowest BCUT2D eigenvalue weighted by molar-refractivity contribution is 0.0758. The van der Waals surface area contributed by atoms with Gasteiger partial charge in [0.1, 0.15) is 0 Å². The van der Waals surface area contributed by atoms with E-state index in [1.165, 1.54) is 17.8 Å². The van der Waals surface area contributed by atoms with Gasteiger partial charge in [0.15, 0.2) is 0 Å². The minimum absolute atomic E-state index is 0.0663. The molecular formula is C19H28N2O4S2. The number of thioether (sulfide) groups is 1. The lowest BCUT2D eigenvalue weighted by Crippen LogP contribution is -2.33. The Morgan fingerprint density at radius 2 is 1.96 bits per heavy atom. The first kappa shape index (κ1) is 20.6. The fourth-order valence-corrected chi connectivity index (χ4v) is 5.22. The molecule has 2 saturated heterocycles. The molecule has 1 amide bonds. The number of likely N-dealkylation sites (tertiary alicyclic amines) is 1. The molecule has 150 valence electrons. The quantitative estimate of drug-likeness (QED) is 0.727. The molecule has 0 aromatic heterocycles. The summed E-state index contributed by atoms with van der Waals surface area (Å²) < 4.78 is 33.5. The number of hydrogen-bond donors (Lipinski definition) is 1. The van der Waals surface area contributed by atoms with Crippen LogP contribution >= 0.6 is 11.8 Å². The molecule has 0 spiro atoms. The van der Waals surface area contributed by atoms with E-state index in [9.17, 15) is 13.2 Å². The van der Waals surface area contributed by atoms with Crippen LogP contribution in [0.15, 0.2) is 28.0 Å². The van der Waals surface area contributed by atoms with Gasteiger partial charge in [-0.1, -0.05) is 12.8 Å². The summed E-state index contributed by atoms with van der Waals surface area (Å²) in [7, 11) is -3.68. The highest BCUT2D eigenvalue weighted by atomic mass is 32.2. The number of rotatable bonds is 6. The van der Waals surface area contributed by atoms with Crippen molar-refractivity contribution in [2.45, 2.75) is 54.4 Å². The van der Waals surface area contributed by atoms with Crippen molar-refractivity contribution in [2.75, 3.05) is 32.5 Å². The predicted molar refractivity (Wildman–Crippen MR) is 107 cm³/mol. The number of benzene rings is 1. The Kier molecular flexibility index (Phi) is 7.19. The molecule has 1 atom stereocenters. The zero-order valence-corrected chi connectivity index (χ0v) is 17.4. The van der Waals surface area contributed by atoms with Crippen molar-refractivity contribution in [3.05, 3.63) is 23.8 Å². The molecule has 0 saturated carbocycles. The van der Waals surface area contributed by atoms with Crippen molar-refractivity contribution in [1.29, 1.82) is 0 Å². The van der Waals surface area contributed by atoms with Crippen molar-refractivity contribution < 1.29 is 17.9 Å². The van der Waals surface area contributed by atoms with E-state index in [1.54, 1.807) is 12.1 Å². The van der Waals surface area contributed by atoms with Crippen LogP contribution < -0.4 is 4.72 Å². The van der Waals surface area contributed by atoms with E-state index in [2.05, 4.69) is 4.72 Å². The second-order valence-electron chi connectivity index (χ2n) is 7.06. The molecule has 2 aliphatic heterocycles. The zero-order chi connectivity index (χ0) is 19.3. The van der Waals surface area contributed by atoms with Gasteiger partial charge < -0.3 is 9.64 Å². The Bertz CT molecular complexity index is 753. The van der Waals surface area contributed by atoms with Gasteiger partial charge in [0, 0.05) is 31.1 Å². The summed E-state index contributed by atoms with van der Waals surface area (Å²) in [4.78, 5) is 15.9. The van der Waals surface area contributed by atoms with Crippen LogP contribution in [-0.4, -0.2) is 57.8 Å². The molecule has 6 nitrogen and oxygen atoms in total. The van der Waals surface area contributed by atoms with Gasteiger partial charge in [-0.2, -0.15) is 0 Å². The number of carbonyl (C=O) groups excluding carboxylic acids is 1. The molecule has 0 radical (unpaired) electrons. The van der Waals surface area contributed by atoms with Gasteiger partial charge in [0.25, 0.3) is 5.91 Å². The van der Waals surface area contributed by atoms with Gasteiger partial charge >= 0.3 is 0 Å². The summed E-state index contributed by atoms with van der Waals surface area (Å²) >= 11 is 1.46. The highest BCUT2D eigenvalue weighted by Crippen LogP contribution is 2.26. The van der Waals surface area contributed by atoms with Gasteiger partial charge in [-0.25, -0.2) is 13.1 Å². The van der Waals surface area contributed by atoms with E-state index < -0.39 is 10.0 Å². The molecule has 8 heteroatoms. The largest absolute Gasteiger partial charge is 0.377 e. The van der Waals surface area contributed by atoms with E-state index >= 15 is 0 Å². The SMILES string of the molecule is CSc1ccc(S(=O)(=O)NC[C@H]2CCCO2)cc1C(=O)N1CCCCCC1. The molecule has 2 heterocycles. The average Bonchev–Trinajstić information content (AvgIpc) is 3.06. The number of amides is 1. The second kappa shape index (κ2) is 9.41. The maximum atomic E-state index is 13.1. The molecule has 2 fully saturated rings. The first-order chi connectivity index (χ1) is 13.0. The summed E-state index contributed by atoms with van der Waals surface area (Å²) in [5.74, 6) is -0.0718. The number of ether oxygens (including phenoxy) is 1. The van der Waals surface area contributed by atoms with Crippen LogP contribution in [0, 0.1) is 0 Å². The van der Waals surface area contributed by atoms with Crippen LogP contribution in [0.25, 0.3) is 0 Å². The first-order valence-corrected chi connectivity index (χ1v) is 12.3. The van der Waals surface area contributed by atoms with Crippen molar-refractivity contribution in [3.63, 3.8) is 0 Å². The molecule has 3 rings (SSSR count). The van der Waals surface area contributed by atoms with Gasteiger partial charge in [-0.15, -0.1) is 11.8 Å². The second-order valence-corrected chi connectivity index (χ2v) is 9.67. The van der Waals surface area contributed by atoms with E-state index in [0.717, 1.165) is 56.5 Å². The Morgan fingerprint density at radius 3 is 2.59 bits per heavy atom. The van der Waals surface area contributed by atoms with Crippen molar-refractivity contribution in [1.82, 2.24) is 9.62 Å². The topological polar surface area (TPSA) is 75.7 Å². The van der Waals surface area contributed by atoms with Crippen molar-refractivity contribution >= 4 is 27.7 Å². The molecular weight excluding hydrogens is 384 g/mol. The molecule has 0 aliphatic carbocycles. The van der Waals surface area contributed by atoms with Crippen LogP contribution in [0.1, 0.15) is 48.9 Å². The molecule has 27 heavy (non-hydrogen) atoms. The third-order valence-electron chi connectivity index (χ3n) is 5.13. The van der Waals surface area contributed by atoms with Gasteiger partial charge in [-0.3, -0.25) is 4.79 Å². The lowest BCUT2D eigenvalue weighted by Gasteiger charge is -2.22. The fourth-order valence-electron chi connectivity index (χ4n) is 3.56. The van der Waals surface area contributed by atoms with Crippen LogP contribution in [0.5, 0.6) is 0 Å². The highest BCUT2D eigenvalue weighted by molar-refractivity contribution is 7.98. The number of nitrogens with zero attached hydrogens (tertiary/aromatic N) is 1. The smallest absolute Gasteiger partial charge is 0.255 e. The third-order valence-corrected chi connectivity index (χ3v) is 7.35. The summed E-state index contributed by atoms with van der Waals surface area (Å²) in [6.45, 7) is 2.42. The molecule has 0 bridgehead atoms. The Balaban J connectivity index is 1.80. The number of nitrogens with one attached hydrogen (secondary N) is 1. The summed E-state index contributed by atoms with van der Waals surface area (Å²) in [5.41, 5.74) is 0.476. The minimum Gasteiger partial charge on any atom is -0.377 e. The van der Waals surface area contributed by atoms with Crippen LogP contribution in [0.4, 0.5) is 0 Å². The molecule has 0 unspecified atom stereocenters. The van der Waals surface area contributed by atoms with E-state index in [0.29, 0.717) is 12.2 Å². The number of carbonyl (C=O) groups is 1. The first-order valence-electron chi connectivity index (χ1n) is 9.60.